The summed E-state index contributed by atoms with van der Waals surface area (Å²) >= 11 is 6.00. The molecule has 1 saturated heterocycles. The van der Waals surface area contributed by atoms with Crippen molar-refractivity contribution in [2.45, 2.75) is 38.2 Å². The van der Waals surface area contributed by atoms with Gasteiger partial charge in [0, 0.05) is 23.1 Å². The van der Waals surface area contributed by atoms with Gasteiger partial charge in [0.2, 0.25) is 0 Å². The van der Waals surface area contributed by atoms with Crippen LogP contribution in [-0.4, -0.2) is 47.9 Å². The van der Waals surface area contributed by atoms with Crippen molar-refractivity contribution in [2.24, 2.45) is 0 Å². The van der Waals surface area contributed by atoms with Crippen LogP contribution in [0.5, 0.6) is 5.75 Å². The third-order valence-corrected chi connectivity index (χ3v) is 5.70. The Bertz CT molecular complexity index is 1030. The lowest BCUT2D eigenvalue weighted by molar-refractivity contribution is -0.0971. The molecule has 1 aromatic heterocycles. The minimum absolute atomic E-state index is 0.0172. The van der Waals surface area contributed by atoms with E-state index < -0.39 is 12.4 Å². The lowest BCUT2D eigenvalue weighted by atomic mass is 10.0. The van der Waals surface area contributed by atoms with Crippen LogP contribution in [0.1, 0.15) is 24.9 Å². The Morgan fingerprint density at radius 2 is 2.03 bits per heavy atom. The number of aromatic nitrogens is 2. The summed E-state index contributed by atoms with van der Waals surface area (Å²) in [7, 11) is 0. The smallest absolute Gasteiger partial charge is 0.411 e. The van der Waals surface area contributed by atoms with Crippen LogP contribution in [0.3, 0.4) is 0 Å². The molecule has 3 aromatic rings. The molecule has 3 unspecified atom stereocenters. The van der Waals surface area contributed by atoms with Crippen molar-refractivity contribution < 1.29 is 23.7 Å². The first-order chi connectivity index (χ1) is 16.6. The molecule has 1 aliphatic rings. The first kappa shape index (κ1) is 24.1. The van der Waals surface area contributed by atoms with E-state index in [9.17, 15) is 4.79 Å². The van der Waals surface area contributed by atoms with Crippen molar-refractivity contribution >= 4 is 23.4 Å². The Hall–Kier alpha value is -3.07. The maximum absolute atomic E-state index is 11.5. The molecule has 1 amide bonds. The molecule has 1 N–H and O–H groups in total. The van der Waals surface area contributed by atoms with Gasteiger partial charge in [-0.25, -0.2) is 9.78 Å². The summed E-state index contributed by atoms with van der Waals surface area (Å²) in [5, 5.41) is 3.38. The summed E-state index contributed by atoms with van der Waals surface area (Å²) in [6, 6.07) is 14.9. The van der Waals surface area contributed by atoms with Crippen molar-refractivity contribution in [1.82, 2.24) is 9.55 Å². The summed E-state index contributed by atoms with van der Waals surface area (Å²) in [5.41, 5.74) is 1.84. The fraction of sp³-hybridized carbons (Fsp3) is 0.360. The number of hydrogen-bond acceptors (Lipinski definition) is 6. The fourth-order valence-electron chi connectivity index (χ4n) is 3.73. The van der Waals surface area contributed by atoms with Crippen LogP contribution in [0, 0.1) is 0 Å². The van der Waals surface area contributed by atoms with Crippen LogP contribution in [0.25, 0.3) is 0 Å². The predicted molar refractivity (Wildman–Crippen MR) is 128 cm³/mol. The third kappa shape index (κ3) is 6.72. The van der Waals surface area contributed by atoms with E-state index in [0.29, 0.717) is 31.3 Å². The van der Waals surface area contributed by atoms with Gasteiger partial charge < -0.3 is 23.5 Å². The zero-order valence-corrected chi connectivity index (χ0v) is 19.7. The van der Waals surface area contributed by atoms with Crippen LogP contribution in [0.2, 0.25) is 5.02 Å². The highest BCUT2D eigenvalue weighted by Gasteiger charge is 2.33. The van der Waals surface area contributed by atoms with E-state index in [1.165, 1.54) is 5.56 Å². The van der Waals surface area contributed by atoms with Gasteiger partial charge >= 0.3 is 6.09 Å². The number of benzene rings is 2. The SMILES string of the molecule is CCOC(=O)Nc1ccc(OCC2COC(C(CCc3ccc(Cl)cc3)n3ccnc3)O2)cc1. The molecule has 8 nitrogen and oxygen atoms in total. The summed E-state index contributed by atoms with van der Waals surface area (Å²) < 4.78 is 25.0. The molecule has 0 aliphatic carbocycles. The summed E-state index contributed by atoms with van der Waals surface area (Å²) in [5.74, 6) is 0.676. The number of carbonyl (C=O) groups is 1. The predicted octanol–water partition coefficient (Wildman–Crippen LogP) is 5.10. The first-order valence-electron chi connectivity index (χ1n) is 11.3. The highest BCUT2D eigenvalue weighted by atomic mass is 35.5. The van der Waals surface area contributed by atoms with Gasteiger partial charge in [0.05, 0.1) is 25.6 Å². The lowest BCUT2D eigenvalue weighted by Crippen LogP contribution is -2.27. The van der Waals surface area contributed by atoms with E-state index in [1.54, 1.807) is 43.7 Å². The molecule has 4 rings (SSSR count). The number of aryl methyl sites for hydroxylation is 1. The van der Waals surface area contributed by atoms with Crippen molar-refractivity contribution in [2.75, 3.05) is 25.1 Å². The summed E-state index contributed by atoms with van der Waals surface area (Å²) in [6.07, 6.45) is 6.08. The lowest BCUT2D eigenvalue weighted by Gasteiger charge is -2.24. The highest BCUT2D eigenvalue weighted by molar-refractivity contribution is 6.30. The normalized spacial score (nSPS) is 18.4. The molecule has 9 heteroatoms. The molecule has 34 heavy (non-hydrogen) atoms. The quantitative estimate of drug-likeness (QED) is 0.430. The molecule has 0 radical (unpaired) electrons. The molecule has 2 aromatic carbocycles. The van der Waals surface area contributed by atoms with Gasteiger partial charge in [0.25, 0.3) is 0 Å². The molecule has 1 aliphatic heterocycles. The average Bonchev–Trinajstić information content (AvgIpc) is 3.53. The van der Waals surface area contributed by atoms with Gasteiger partial charge in [-0.05, 0) is 61.7 Å². The molecule has 3 atom stereocenters. The van der Waals surface area contributed by atoms with Gasteiger partial charge in [-0.3, -0.25) is 5.32 Å². The molecule has 0 saturated carbocycles. The van der Waals surface area contributed by atoms with Gasteiger partial charge in [-0.1, -0.05) is 23.7 Å². The zero-order chi connectivity index (χ0) is 23.8. The monoisotopic (exact) mass is 485 g/mol. The van der Waals surface area contributed by atoms with E-state index in [2.05, 4.69) is 10.3 Å². The van der Waals surface area contributed by atoms with Gasteiger partial charge in [0.15, 0.2) is 6.29 Å². The zero-order valence-electron chi connectivity index (χ0n) is 18.9. The number of rotatable bonds is 10. The van der Waals surface area contributed by atoms with Gasteiger partial charge in [-0.2, -0.15) is 0 Å². The van der Waals surface area contributed by atoms with E-state index >= 15 is 0 Å². The van der Waals surface area contributed by atoms with Crippen molar-refractivity contribution in [3.63, 3.8) is 0 Å². The van der Waals surface area contributed by atoms with E-state index in [-0.39, 0.29) is 12.1 Å². The second-order valence-electron chi connectivity index (χ2n) is 7.88. The number of amides is 1. The number of hydrogen-bond donors (Lipinski definition) is 1. The molecular formula is C25H28ClN3O5. The second kappa shape index (κ2) is 11.9. The molecular weight excluding hydrogens is 458 g/mol. The summed E-state index contributed by atoms with van der Waals surface area (Å²) in [4.78, 5) is 15.7. The maximum atomic E-state index is 11.5. The Morgan fingerprint density at radius 1 is 1.24 bits per heavy atom. The number of nitrogens with zero attached hydrogens (tertiary/aromatic N) is 2. The average molecular weight is 486 g/mol. The number of anilines is 1. The Morgan fingerprint density at radius 3 is 2.74 bits per heavy atom. The molecule has 1 fully saturated rings. The molecule has 2 heterocycles. The number of imidazole rings is 1. The van der Waals surface area contributed by atoms with Crippen LogP contribution >= 0.6 is 11.6 Å². The topological polar surface area (TPSA) is 83.8 Å². The van der Waals surface area contributed by atoms with Crippen molar-refractivity contribution in [1.29, 1.82) is 0 Å². The van der Waals surface area contributed by atoms with Crippen molar-refractivity contribution in [3.05, 3.63) is 77.8 Å². The number of ether oxygens (including phenoxy) is 4. The van der Waals surface area contributed by atoms with Crippen LogP contribution in [0.15, 0.2) is 67.3 Å². The van der Waals surface area contributed by atoms with Crippen LogP contribution in [-0.2, 0) is 20.6 Å². The molecule has 0 spiro atoms. The number of halogens is 1. The Kier molecular flexibility index (Phi) is 8.41. The van der Waals surface area contributed by atoms with Crippen LogP contribution in [0.4, 0.5) is 10.5 Å². The van der Waals surface area contributed by atoms with Gasteiger partial charge in [-0.15, -0.1) is 0 Å². The standard InChI is InChI=1S/C25H28ClN3O5/c1-2-31-25(30)28-20-8-10-21(11-9-20)32-15-22-16-33-24(34-22)23(29-14-13-27-17-29)12-5-18-3-6-19(26)7-4-18/h3-4,6-11,13-14,17,22-24H,2,5,12,15-16H2,1H3,(H,28,30). The van der Waals surface area contributed by atoms with Crippen LogP contribution < -0.4 is 10.1 Å². The minimum atomic E-state index is -0.484. The van der Waals surface area contributed by atoms with E-state index in [0.717, 1.165) is 17.9 Å². The van der Waals surface area contributed by atoms with E-state index in [4.69, 9.17) is 30.5 Å². The first-order valence-corrected chi connectivity index (χ1v) is 11.6. The Balaban J connectivity index is 1.29. The highest BCUT2D eigenvalue weighted by Crippen LogP contribution is 2.28. The minimum Gasteiger partial charge on any atom is -0.491 e. The Labute approximate surface area is 203 Å². The summed E-state index contributed by atoms with van der Waals surface area (Å²) in [6.45, 7) is 2.88. The number of carbonyl (C=O) groups excluding carboxylic acids is 1. The maximum Gasteiger partial charge on any atom is 0.411 e. The fourth-order valence-corrected chi connectivity index (χ4v) is 3.85. The largest absolute Gasteiger partial charge is 0.491 e. The van der Waals surface area contributed by atoms with E-state index in [1.807, 2.05) is 35.0 Å². The second-order valence-corrected chi connectivity index (χ2v) is 8.32. The molecule has 0 bridgehead atoms. The van der Waals surface area contributed by atoms with Gasteiger partial charge in [0.1, 0.15) is 18.5 Å². The van der Waals surface area contributed by atoms with Crippen molar-refractivity contribution in [3.8, 4) is 5.75 Å². The number of nitrogens with one attached hydrogen (secondary N) is 1. The third-order valence-electron chi connectivity index (χ3n) is 5.45. The molecule has 180 valence electrons.